The van der Waals surface area contributed by atoms with Gasteiger partial charge in [0.2, 0.25) is 5.91 Å². The summed E-state index contributed by atoms with van der Waals surface area (Å²) in [5, 5.41) is 114. The molecule has 2 aliphatic carbocycles. The number of Topliss-reactive ketones (excluding diaryl/α,β-unsaturated/α-hetero) is 1. The first kappa shape index (κ1) is 104. The number of hydrogen-bond acceptors (Lipinski definition) is 26. The van der Waals surface area contributed by atoms with E-state index in [0.29, 0.717) is 55.2 Å². The molecule has 1 saturated carbocycles. The largest absolute Gasteiger partial charge is 0.460 e. The van der Waals surface area contributed by atoms with Gasteiger partial charge in [-0.2, -0.15) is 0 Å². The van der Waals surface area contributed by atoms with Gasteiger partial charge in [0, 0.05) is 50.3 Å². The highest BCUT2D eigenvalue weighted by atomic mass is 16.7. The lowest BCUT2D eigenvalue weighted by Gasteiger charge is -2.40. The number of hydrogen-bond donors (Lipinski definition) is 16. The van der Waals surface area contributed by atoms with Crippen LogP contribution in [0.25, 0.3) is 0 Å². The van der Waals surface area contributed by atoms with E-state index in [1.54, 1.807) is 38.1 Å². The average Bonchev–Trinajstić information content (AvgIpc) is 1.64. The SMILES string of the molecule is CCCCCCCCCCCCCC[C@@H](OC(=O)CCC)[C@@H](O)[C@@H](N)CO[C@H]1OC(CO)[C@H](O)[C@H](O)C1O.CCCCCCCCCCCCCC[C@@H](OC(=O)CCC)[C@@H](O)[C@H](CO[C@H]1OC(CO)[C@H](O)[C@H](O)C1O)NC(=O)OCc1ccc(NC(=O)[C@H](CCCNC(N)=O)CC(=O)[C@@H](NC(=O)OCC2[C@H]3CCC#CCC[C@@H]23)C(C)C)cc1. The fourth-order valence-electron chi connectivity index (χ4n) is 15.3. The van der Waals surface area contributed by atoms with Crippen LogP contribution in [0.1, 0.15) is 285 Å². The molecule has 0 radical (unpaired) electrons. The predicted octanol–water partition coefficient (Wildman–Crippen LogP) is 8.71. The van der Waals surface area contributed by atoms with Gasteiger partial charge in [-0.1, -0.05) is 195 Å². The van der Waals surface area contributed by atoms with Crippen molar-refractivity contribution in [1.82, 2.24) is 16.0 Å². The third-order valence-corrected chi connectivity index (χ3v) is 22.6. The van der Waals surface area contributed by atoms with E-state index in [9.17, 15) is 84.6 Å². The number of urea groups is 1. The number of primary amides is 1. The number of amides is 5. The van der Waals surface area contributed by atoms with Crippen LogP contribution in [0.3, 0.4) is 0 Å². The van der Waals surface area contributed by atoms with Crippen molar-refractivity contribution in [3.8, 4) is 11.8 Å². The second kappa shape index (κ2) is 60.6. The highest BCUT2D eigenvalue weighted by Gasteiger charge is 2.50. The summed E-state index contributed by atoms with van der Waals surface area (Å²) in [6, 6.07) is 2.41. The molecule has 2 heterocycles. The zero-order valence-electron chi connectivity index (χ0n) is 71.4. The summed E-state index contributed by atoms with van der Waals surface area (Å²) < 4.78 is 44.6. The molecule has 678 valence electrons. The molecular formula is C87H150N6O25. The van der Waals surface area contributed by atoms with Crippen molar-refractivity contribution >= 4 is 47.5 Å². The van der Waals surface area contributed by atoms with Gasteiger partial charge in [-0.25, -0.2) is 14.4 Å². The number of nitrogens with one attached hydrogen (secondary N) is 4. The van der Waals surface area contributed by atoms with E-state index in [0.717, 1.165) is 70.6 Å². The average molecular weight is 1680 g/mol. The number of anilines is 1. The number of alkyl carbamates (subject to hydrolysis) is 2. The van der Waals surface area contributed by atoms with E-state index in [-0.39, 0.29) is 76.1 Å². The Bertz CT molecular complexity index is 2980. The number of fused-ring (bicyclic) bond motifs is 1. The molecule has 2 saturated heterocycles. The molecule has 0 bridgehead atoms. The smallest absolute Gasteiger partial charge is 0.407 e. The third kappa shape index (κ3) is 40.4. The first-order valence-corrected chi connectivity index (χ1v) is 44.4. The van der Waals surface area contributed by atoms with Crippen LogP contribution in [0.2, 0.25) is 0 Å². The second-order valence-corrected chi connectivity index (χ2v) is 32.8. The number of esters is 2. The molecule has 2 aliphatic heterocycles. The van der Waals surface area contributed by atoms with Gasteiger partial charge in [0.25, 0.3) is 0 Å². The van der Waals surface area contributed by atoms with Crippen LogP contribution < -0.4 is 32.7 Å². The topological polar surface area (TPSA) is 496 Å². The third-order valence-electron chi connectivity index (χ3n) is 22.6. The Hall–Kier alpha value is -5.93. The van der Waals surface area contributed by atoms with Crippen LogP contribution >= 0.6 is 0 Å². The lowest BCUT2D eigenvalue weighted by molar-refractivity contribution is -0.303. The van der Waals surface area contributed by atoms with E-state index in [1.807, 2.05) is 13.8 Å². The van der Waals surface area contributed by atoms with Crippen LogP contribution in [-0.4, -0.2) is 236 Å². The van der Waals surface area contributed by atoms with E-state index in [4.69, 9.17) is 49.4 Å². The summed E-state index contributed by atoms with van der Waals surface area (Å²) in [6.45, 7) is 9.75. The summed E-state index contributed by atoms with van der Waals surface area (Å²) in [6.07, 6.45) is 12.4. The molecular weight excluding hydrogens is 1530 g/mol. The van der Waals surface area contributed by atoms with Crippen molar-refractivity contribution in [2.24, 2.45) is 41.1 Å². The maximum absolute atomic E-state index is 13.9. The number of unbranched alkanes of at least 4 members (excludes halogenated alkanes) is 22. The summed E-state index contributed by atoms with van der Waals surface area (Å²) >= 11 is 0. The molecule has 18 N–H and O–H groups in total. The van der Waals surface area contributed by atoms with Crippen molar-refractivity contribution in [2.75, 3.05) is 44.9 Å². The molecule has 4 aliphatic rings. The van der Waals surface area contributed by atoms with Gasteiger partial charge >= 0.3 is 30.2 Å². The number of aliphatic hydroxyl groups excluding tert-OH is 10. The van der Waals surface area contributed by atoms with Gasteiger partial charge in [-0.15, -0.1) is 11.8 Å². The molecule has 5 unspecified atom stereocenters. The van der Waals surface area contributed by atoms with Crippen LogP contribution in [-0.2, 0) is 63.7 Å². The quantitative estimate of drug-likeness (QED) is 0.0125. The Morgan fingerprint density at radius 3 is 1.42 bits per heavy atom. The molecule has 5 amide bonds. The van der Waals surface area contributed by atoms with E-state index >= 15 is 0 Å². The van der Waals surface area contributed by atoms with Crippen LogP contribution in [0.15, 0.2) is 24.3 Å². The number of rotatable bonds is 60. The zero-order valence-corrected chi connectivity index (χ0v) is 71.4. The van der Waals surface area contributed by atoms with Gasteiger partial charge in [0.05, 0.1) is 51.2 Å². The Morgan fingerprint density at radius 2 is 0.975 bits per heavy atom. The van der Waals surface area contributed by atoms with Gasteiger partial charge in [0.15, 0.2) is 18.4 Å². The molecule has 3 fully saturated rings. The second-order valence-electron chi connectivity index (χ2n) is 32.8. The fourth-order valence-corrected chi connectivity index (χ4v) is 15.3. The lowest BCUT2D eigenvalue weighted by atomic mass is 9.89. The molecule has 0 aromatic heterocycles. The Balaban J connectivity index is 0.000000644. The Labute approximate surface area is 700 Å². The summed E-state index contributed by atoms with van der Waals surface area (Å²) in [7, 11) is 0. The minimum absolute atomic E-state index is 0.0934. The van der Waals surface area contributed by atoms with Gasteiger partial charge in [0.1, 0.15) is 79.9 Å². The number of carbonyl (C=O) groups is 7. The standard InChI is InChI=1S/C59H95N5O16.C28H55NO9/c1-5-7-8-9-10-11-12-13-14-15-16-21-27-47(79-49(67)23-6-2)51(68)45(37-76-56-54(71)53(70)52(69)48(34-65)80-56)63-58(74)77-35-39-28-30-41(31-29-39)62-55(72)40(24-22-32-61-57(60)73)33-46(66)50(38(3)4)64-59(75)78-36-44-42-25-19-17-18-20-26-43(42)44;1-3-5-6-7-8-9-10-11-12-13-14-15-17-21(37-23(31)16-4-2)24(32)20(29)19-36-28-27(35)26(34)25(33)22(18-30)38-28/h28-31,38,40,42-45,47-48,50-54,56,65,68-71H,5-16,19-27,32-37H2,1-4H3,(H,62,72)(H,63,74)(H,64,75)(H3,60,61,73);20-22,24-28,30,32-35H,3-19,29H2,1-2H3/t40-,42-,43+,44?,45+,47-,48?,50+,51+,52+,53+,54?,56+;20-,21+,22?,24-,25-,26-,27?,28-/m10/s1. The monoisotopic (exact) mass is 1680 g/mol. The molecule has 5 rings (SSSR count). The molecule has 1 aromatic rings. The zero-order chi connectivity index (χ0) is 86.7. The Morgan fingerprint density at radius 1 is 0.534 bits per heavy atom. The fraction of sp³-hybridized carbons (Fsp3) is 0.828. The van der Waals surface area contributed by atoms with Crippen molar-refractivity contribution in [3.05, 3.63) is 29.8 Å². The molecule has 118 heavy (non-hydrogen) atoms. The van der Waals surface area contributed by atoms with Crippen LogP contribution in [0, 0.1) is 41.4 Å². The summed E-state index contributed by atoms with van der Waals surface area (Å²) in [4.78, 5) is 90.6. The minimum Gasteiger partial charge on any atom is -0.460 e. The minimum atomic E-state index is -1.77. The first-order chi connectivity index (χ1) is 56.7. The number of ether oxygens (including phenoxy) is 8. The first-order valence-electron chi connectivity index (χ1n) is 44.4. The van der Waals surface area contributed by atoms with Crippen molar-refractivity contribution in [1.29, 1.82) is 0 Å². The molecule has 1 aromatic carbocycles. The van der Waals surface area contributed by atoms with Crippen molar-refractivity contribution < 1.29 is 123 Å². The maximum atomic E-state index is 13.9. The van der Waals surface area contributed by atoms with Crippen molar-refractivity contribution in [2.45, 2.75) is 390 Å². The van der Waals surface area contributed by atoms with Crippen molar-refractivity contribution in [3.63, 3.8) is 0 Å². The summed E-state index contributed by atoms with van der Waals surface area (Å²) in [5.74, 6) is 4.62. The number of benzene rings is 1. The van der Waals surface area contributed by atoms with Gasteiger partial charge in [-0.05, 0) is 106 Å². The Kier molecular flexibility index (Phi) is 53.6. The van der Waals surface area contributed by atoms with E-state index in [1.165, 1.54) is 103 Å². The highest BCUT2D eigenvalue weighted by Crippen LogP contribution is 2.52. The number of nitrogens with two attached hydrogens (primary N) is 2. The molecule has 21 atom stereocenters. The summed E-state index contributed by atoms with van der Waals surface area (Å²) in [5.41, 5.74) is 12.2. The number of carbonyl (C=O) groups excluding carboxylic acids is 7. The number of aliphatic hydroxyl groups is 10. The van der Waals surface area contributed by atoms with Crippen LogP contribution in [0.5, 0.6) is 0 Å². The van der Waals surface area contributed by atoms with Gasteiger partial charge in [-0.3, -0.25) is 19.2 Å². The predicted molar refractivity (Wildman–Crippen MR) is 442 cm³/mol. The van der Waals surface area contributed by atoms with Gasteiger partial charge < -0.3 is 122 Å². The molecule has 0 spiro atoms. The molecule has 31 nitrogen and oxygen atoms in total. The normalized spacial score (nSPS) is 24.2. The van der Waals surface area contributed by atoms with E-state index < -0.39 is 166 Å². The molecule has 31 heteroatoms. The highest BCUT2D eigenvalue weighted by molar-refractivity contribution is 5.97. The van der Waals surface area contributed by atoms with E-state index in [2.05, 4.69) is 47.0 Å². The maximum Gasteiger partial charge on any atom is 0.407 e. The van der Waals surface area contributed by atoms with Crippen LogP contribution in [0.4, 0.5) is 20.1 Å². The number of ketones is 1. The lowest BCUT2D eigenvalue weighted by Crippen LogP contribution is -2.60.